The minimum absolute atomic E-state index is 0.320. The summed E-state index contributed by atoms with van der Waals surface area (Å²) in [6.45, 7) is -0.320. The number of hydrogen-bond donors (Lipinski definition) is 2. The van der Waals surface area contributed by atoms with E-state index in [4.69, 9.17) is 5.11 Å². The Morgan fingerprint density at radius 2 is 2.25 bits per heavy atom. The first-order chi connectivity index (χ1) is 5.41. The maximum absolute atomic E-state index is 11.8. The second-order valence-electron chi connectivity index (χ2n) is 2.31. The lowest BCUT2D eigenvalue weighted by molar-refractivity contribution is -0.224. The van der Waals surface area contributed by atoms with Gasteiger partial charge in [0.2, 0.25) is 0 Å². The number of halogens is 3. The molecule has 1 fully saturated rings. The Bertz CT molecular complexity index is 193. The van der Waals surface area contributed by atoms with Crippen LogP contribution in [0.3, 0.4) is 0 Å². The lowest BCUT2D eigenvalue weighted by Gasteiger charge is -2.18. The maximum atomic E-state index is 11.8. The zero-order valence-corrected chi connectivity index (χ0v) is 5.76. The quantitative estimate of drug-likeness (QED) is 0.605. The van der Waals surface area contributed by atoms with Crippen molar-refractivity contribution >= 4 is 6.09 Å². The molecular formula is C5H6F3NO3. The van der Waals surface area contributed by atoms with Crippen molar-refractivity contribution in [1.29, 1.82) is 0 Å². The van der Waals surface area contributed by atoms with Gasteiger partial charge in [-0.15, -0.1) is 0 Å². The molecule has 0 saturated carbocycles. The molecule has 0 aliphatic carbocycles. The van der Waals surface area contributed by atoms with E-state index in [1.165, 1.54) is 0 Å². The Kier molecular flexibility index (Phi) is 2.14. The first kappa shape index (κ1) is 9.11. The van der Waals surface area contributed by atoms with Crippen LogP contribution in [-0.2, 0) is 4.74 Å². The highest BCUT2D eigenvalue weighted by Crippen LogP contribution is 2.24. The summed E-state index contributed by atoms with van der Waals surface area (Å²) in [5, 5.41) is 10.6. The second-order valence-corrected chi connectivity index (χ2v) is 2.31. The van der Waals surface area contributed by atoms with E-state index in [0.29, 0.717) is 0 Å². The highest BCUT2D eigenvalue weighted by Gasteiger charge is 2.47. The fraction of sp³-hybridized carbons (Fsp3) is 0.800. The molecule has 7 heteroatoms. The molecule has 0 aromatic rings. The van der Waals surface area contributed by atoms with Crippen LogP contribution in [0.2, 0.25) is 0 Å². The van der Waals surface area contributed by atoms with Crippen molar-refractivity contribution in [2.45, 2.75) is 18.4 Å². The summed E-state index contributed by atoms with van der Waals surface area (Å²) in [5.74, 6) is 0. The molecule has 2 atom stereocenters. The van der Waals surface area contributed by atoms with Crippen molar-refractivity contribution in [3.63, 3.8) is 0 Å². The molecule has 1 saturated heterocycles. The third-order valence-electron chi connectivity index (χ3n) is 1.39. The lowest BCUT2D eigenvalue weighted by Crippen LogP contribution is -2.41. The van der Waals surface area contributed by atoms with Crippen molar-refractivity contribution in [3.8, 4) is 0 Å². The number of carbonyl (C=O) groups is 1. The minimum atomic E-state index is -4.75. The first-order valence-electron chi connectivity index (χ1n) is 3.10. The summed E-state index contributed by atoms with van der Waals surface area (Å²) >= 11 is 0. The predicted octanol–water partition coefficient (Wildman–Crippen LogP) is 0.0180. The molecule has 1 amide bonds. The molecule has 2 unspecified atom stereocenters. The van der Waals surface area contributed by atoms with Gasteiger partial charge >= 0.3 is 12.3 Å². The number of alkyl carbamates (subject to hydrolysis) is 1. The van der Waals surface area contributed by atoms with Crippen LogP contribution in [0.1, 0.15) is 0 Å². The zero-order chi connectivity index (χ0) is 9.35. The molecule has 0 bridgehead atoms. The van der Waals surface area contributed by atoms with E-state index in [9.17, 15) is 18.0 Å². The summed E-state index contributed by atoms with van der Waals surface area (Å²) in [6, 6.07) is 0. The van der Waals surface area contributed by atoms with Crippen LogP contribution in [0.5, 0.6) is 0 Å². The minimum Gasteiger partial charge on any atom is -0.441 e. The molecule has 1 aliphatic rings. The van der Waals surface area contributed by atoms with Crippen LogP contribution in [0.25, 0.3) is 0 Å². The Morgan fingerprint density at radius 3 is 2.58 bits per heavy atom. The van der Waals surface area contributed by atoms with E-state index in [1.807, 2.05) is 5.32 Å². The molecular weight excluding hydrogens is 179 g/mol. The monoisotopic (exact) mass is 185 g/mol. The number of hydrogen-bond acceptors (Lipinski definition) is 3. The van der Waals surface area contributed by atoms with Gasteiger partial charge in [0.1, 0.15) is 0 Å². The van der Waals surface area contributed by atoms with E-state index in [0.717, 1.165) is 0 Å². The highest BCUT2D eigenvalue weighted by molar-refractivity contribution is 5.69. The molecule has 0 radical (unpaired) electrons. The largest absolute Gasteiger partial charge is 0.441 e. The van der Waals surface area contributed by atoms with Gasteiger partial charge in [0.05, 0.1) is 6.54 Å². The molecule has 0 spiro atoms. The number of alkyl halides is 3. The summed E-state index contributed by atoms with van der Waals surface area (Å²) in [4.78, 5) is 10.3. The summed E-state index contributed by atoms with van der Waals surface area (Å²) in [6.07, 6.45) is -9.84. The van der Waals surface area contributed by atoms with Crippen LogP contribution in [0, 0.1) is 0 Å². The smallest absolute Gasteiger partial charge is 0.418 e. The molecule has 0 aromatic carbocycles. The molecule has 1 rings (SSSR count). The predicted molar refractivity (Wildman–Crippen MR) is 30.3 cm³/mol. The maximum Gasteiger partial charge on any atom is 0.418 e. The Balaban J connectivity index is 2.54. The number of carbonyl (C=O) groups excluding carboxylic acids is 1. The van der Waals surface area contributed by atoms with Crippen LogP contribution in [-0.4, -0.2) is 36.1 Å². The van der Waals surface area contributed by atoms with Crippen molar-refractivity contribution in [2.75, 3.05) is 6.54 Å². The fourth-order valence-corrected chi connectivity index (χ4v) is 0.792. The Morgan fingerprint density at radius 1 is 1.67 bits per heavy atom. The summed E-state index contributed by atoms with van der Waals surface area (Å²) in [7, 11) is 0. The molecule has 4 nitrogen and oxygen atoms in total. The number of aliphatic hydroxyl groups is 1. The number of ether oxygens (including phenoxy) is 1. The van der Waals surface area contributed by atoms with Gasteiger partial charge in [-0.3, -0.25) is 0 Å². The van der Waals surface area contributed by atoms with Gasteiger partial charge in [0.15, 0.2) is 12.2 Å². The number of rotatable bonds is 1. The molecule has 1 heterocycles. The average Bonchev–Trinajstić information content (AvgIpc) is 2.32. The van der Waals surface area contributed by atoms with E-state index in [1.54, 1.807) is 0 Å². The first-order valence-corrected chi connectivity index (χ1v) is 3.10. The normalized spacial score (nSPS) is 26.3. The van der Waals surface area contributed by atoms with Gasteiger partial charge in [-0.2, -0.15) is 13.2 Å². The number of cyclic esters (lactones) is 1. The van der Waals surface area contributed by atoms with Crippen LogP contribution < -0.4 is 5.32 Å². The zero-order valence-electron chi connectivity index (χ0n) is 5.76. The van der Waals surface area contributed by atoms with Gasteiger partial charge < -0.3 is 15.2 Å². The molecule has 1 aliphatic heterocycles. The van der Waals surface area contributed by atoms with Crippen LogP contribution in [0.15, 0.2) is 0 Å². The number of nitrogens with one attached hydrogen (secondary N) is 1. The Labute approximate surface area is 65.3 Å². The third kappa shape index (κ3) is 1.79. The van der Waals surface area contributed by atoms with E-state index in [2.05, 4.69) is 4.74 Å². The van der Waals surface area contributed by atoms with Crippen molar-refractivity contribution in [3.05, 3.63) is 0 Å². The van der Waals surface area contributed by atoms with Gasteiger partial charge in [0, 0.05) is 0 Å². The second kappa shape index (κ2) is 2.81. The topological polar surface area (TPSA) is 58.6 Å². The standard InChI is InChI=1S/C5H6F3NO3/c6-5(7,8)3(10)2-1-9-4(11)12-2/h2-3,10H,1H2,(H,9,11). The van der Waals surface area contributed by atoms with E-state index < -0.39 is 24.5 Å². The van der Waals surface area contributed by atoms with Crippen molar-refractivity contribution < 1.29 is 27.8 Å². The molecule has 2 N–H and O–H groups in total. The Hall–Kier alpha value is -0.980. The van der Waals surface area contributed by atoms with E-state index >= 15 is 0 Å². The summed E-state index contributed by atoms with van der Waals surface area (Å²) < 4.78 is 39.4. The molecule has 12 heavy (non-hydrogen) atoms. The van der Waals surface area contributed by atoms with E-state index in [-0.39, 0.29) is 6.54 Å². The van der Waals surface area contributed by atoms with Gasteiger partial charge in [-0.05, 0) is 0 Å². The van der Waals surface area contributed by atoms with Gasteiger partial charge in [-0.1, -0.05) is 0 Å². The fourth-order valence-electron chi connectivity index (χ4n) is 0.792. The highest BCUT2D eigenvalue weighted by atomic mass is 19.4. The average molecular weight is 185 g/mol. The van der Waals surface area contributed by atoms with Crippen LogP contribution >= 0.6 is 0 Å². The lowest BCUT2D eigenvalue weighted by atomic mass is 10.2. The SMILES string of the molecule is O=C1NCC(C(O)C(F)(F)F)O1. The van der Waals surface area contributed by atoms with Crippen molar-refractivity contribution in [2.24, 2.45) is 0 Å². The molecule has 70 valence electrons. The third-order valence-corrected chi connectivity index (χ3v) is 1.39. The summed E-state index contributed by atoms with van der Waals surface area (Å²) in [5.41, 5.74) is 0. The van der Waals surface area contributed by atoms with Gasteiger partial charge in [0.25, 0.3) is 0 Å². The van der Waals surface area contributed by atoms with Crippen molar-refractivity contribution in [1.82, 2.24) is 5.32 Å². The number of aliphatic hydroxyl groups excluding tert-OH is 1. The van der Waals surface area contributed by atoms with Crippen LogP contribution in [0.4, 0.5) is 18.0 Å². The number of amides is 1. The molecule has 0 aromatic heterocycles. The van der Waals surface area contributed by atoms with Gasteiger partial charge in [-0.25, -0.2) is 4.79 Å².